The van der Waals surface area contributed by atoms with Gasteiger partial charge in [-0.15, -0.1) is 0 Å². The maximum absolute atomic E-state index is 12.4. The third kappa shape index (κ3) is 4.78. The van der Waals surface area contributed by atoms with Crippen LogP contribution in [-0.4, -0.2) is 35.1 Å². The summed E-state index contributed by atoms with van der Waals surface area (Å²) in [5, 5.41) is 7.11. The molecular formula is C22H31N3O2. The third-order valence-corrected chi connectivity index (χ3v) is 5.69. The molecule has 0 unspecified atom stereocenters. The maximum atomic E-state index is 12.4. The molecule has 5 heteroatoms. The van der Waals surface area contributed by atoms with Crippen LogP contribution >= 0.6 is 0 Å². The minimum Gasteiger partial charge on any atom is -0.361 e. The Morgan fingerprint density at radius 2 is 2.00 bits per heavy atom. The van der Waals surface area contributed by atoms with E-state index in [1.165, 1.54) is 11.1 Å². The van der Waals surface area contributed by atoms with E-state index in [4.69, 9.17) is 4.52 Å². The molecule has 0 aliphatic carbocycles. The lowest BCUT2D eigenvalue weighted by atomic mass is 9.95. The SMILES string of the molecule is Cc1noc(C)c1CCC(=O)NC[C@@H](C(C)C)N1CCc2ccccc2C1. The molecule has 146 valence electrons. The summed E-state index contributed by atoms with van der Waals surface area (Å²) in [5.74, 6) is 1.39. The number of hydrogen-bond donors (Lipinski definition) is 1. The number of nitrogens with zero attached hydrogens (tertiary/aromatic N) is 2. The Balaban J connectivity index is 1.53. The smallest absolute Gasteiger partial charge is 0.220 e. The molecule has 0 spiro atoms. The van der Waals surface area contributed by atoms with Gasteiger partial charge in [0, 0.05) is 37.7 Å². The van der Waals surface area contributed by atoms with E-state index in [0.717, 1.165) is 36.5 Å². The summed E-state index contributed by atoms with van der Waals surface area (Å²) in [6.45, 7) is 11.0. The topological polar surface area (TPSA) is 58.4 Å². The quantitative estimate of drug-likeness (QED) is 0.812. The van der Waals surface area contributed by atoms with Crippen molar-refractivity contribution in [1.82, 2.24) is 15.4 Å². The molecule has 0 bridgehead atoms. The molecule has 0 fully saturated rings. The van der Waals surface area contributed by atoms with Gasteiger partial charge in [-0.05, 0) is 43.7 Å². The summed E-state index contributed by atoms with van der Waals surface area (Å²) >= 11 is 0. The number of rotatable bonds is 7. The number of nitrogens with one attached hydrogen (secondary N) is 1. The lowest BCUT2D eigenvalue weighted by Crippen LogP contribution is -2.48. The van der Waals surface area contributed by atoms with Crippen LogP contribution in [-0.2, 0) is 24.2 Å². The van der Waals surface area contributed by atoms with Crippen LogP contribution in [0.1, 0.15) is 48.4 Å². The van der Waals surface area contributed by atoms with E-state index in [1.807, 2.05) is 13.8 Å². The number of benzene rings is 1. The second kappa shape index (κ2) is 8.70. The summed E-state index contributed by atoms with van der Waals surface area (Å²) in [6, 6.07) is 9.03. The monoisotopic (exact) mass is 369 g/mol. The van der Waals surface area contributed by atoms with Crippen LogP contribution in [0.15, 0.2) is 28.8 Å². The Morgan fingerprint density at radius 1 is 1.26 bits per heavy atom. The highest BCUT2D eigenvalue weighted by molar-refractivity contribution is 5.76. The van der Waals surface area contributed by atoms with Gasteiger partial charge in [-0.25, -0.2) is 0 Å². The lowest BCUT2D eigenvalue weighted by molar-refractivity contribution is -0.121. The predicted octanol–water partition coefficient (Wildman–Crippen LogP) is 3.42. The largest absolute Gasteiger partial charge is 0.361 e. The fraction of sp³-hybridized carbons (Fsp3) is 0.545. The maximum Gasteiger partial charge on any atom is 0.220 e. The first-order valence-corrected chi connectivity index (χ1v) is 9.95. The van der Waals surface area contributed by atoms with Crippen LogP contribution in [0, 0.1) is 19.8 Å². The first kappa shape index (κ1) is 19.6. The number of hydrogen-bond acceptors (Lipinski definition) is 4. The molecule has 2 heterocycles. The van der Waals surface area contributed by atoms with Crippen LogP contribution in [0.2, 0.25) is 0 Å². The number of carbonyl (C=O) groups is 1. The zero-order chi connectivity index (χ0) is 19.4. The van der Waals surface area contributed by atoms with Gasteiger partial charge in [-0.1, -0.05) is 43.3 Å². The van der Waals surface area contributed by atoms with Crippen LogP contribution in [0.3, 0.4) is 0 Å². The molecule has 1 aliphatic rings. The second-order valence-electron chi connectivity index (χ2n) is 7.91. The van der Waals surface area contributed by atoms with Crippen LogP contribution in [0.4, 0.5) is 0 Å². The van der Waals surface area contributed by atoms with Crippen molar-refractivity contribution in [3.8, 4) is 0 Å². The molecule has 1 amide bonds. The molecule has 1 aromatic carbocycles. The van der Waals surface area contributed by atoms with Gasteiger partial charge in [-0.2, -0.15) is 0 Å². The number of amides is 1. The Morgan fingerprint density at radius 3 is 2.67 bits per heavy atom. The highest BCUT2D eigenvalue weighted by Crippen LogP contribution is 2.23. The molecule has 0 saturated carbocycles. The number of aryl methyl sites for hydroxylation is 2. The van der Waals surface area contributed by atoms with Crippen molar-refractivity contribution in [1.29, 1.82) is 0 Å². The summed E-state index contributed by atoms with van der Waals surface area (Å²) in [5.41, 5.74) is 4.81. The highest BCUT2D eigenvalue weighted by atomic mass is 16.5. The minimum absolute atomic E-state index is 0.0954. The Bertz CT molecular complexity index is 762. The zero-order valence-electron chi connectivity index (χ0n) is 16.9. The standard InChI is InChI=1S/C22H31N3O2/c1-15(2)21(25-12-11-18-7-5-6-8-19(18)14-25)13-23-22(26)10-9-20-16(3)24-27-17(20)4/h5-8,15,21H,9-14H2,1-4H3,(H,23,26)/t21-/m0/s1. The molecular weight excluding hydrogens is 338 g/mol. The fourth-order valence-electron chi connectivity index (χ4n) is 3.99. The summed E-state index contributed by atoms with van der Waals surface area (Å²) in [4.78, 5) is 14.9. The first-order chi connectivity index (χ1) is 13.0. The normalized spacial score (nSPS) is 15.6. The van der Waals surface area contributed by atoms with E-state index in [1.54, 1.807) is 0 Å². The van der Waals surface area contributed by atoms with Gasteiger partial charge < -0.3 is 9.84 Å². The molecule has 1 N–H and O–H groups in total. The highest BCUT2D eigenvalue weighted by Gasteiger charge is 2.26. The first-order valence-electron chi connectivity index (χ1n) is 9.95. The van der Waals surface area contributed by atoms with E-state index in [-0.39, 0.29) is 5.91 Å². The van der Waals surface area contributed by atoms with Crippen molar-refractivity contribution in [3.63, 3.8) is 0 Å². The van der Waals surface area contributed by atoms with Crippen molar-refractivity contribution < 1.29 is 9.32 Å². The Labute approximate surface area is 162 Å². The molecule has 0 saturated heterocycles. The molecule has 0 radical (unpaired) electrons. The minimum atomic E-state index is 0.0954. The van der Waals surface area contributed by atoms with E-state index < -0.39 is 0 Å². The predicted molar refractivity (Wildman–Crippen MR) is 106 cm³/mol. The molecule has 1 atom stereocenters. The van der Waals surface area contributed by atoms with Gasteiger partial charge in [0.25, 0.3) is 0 Å². The van der Waals surface area contributed by atoms with Crippen LogP contribution in [0.5, 0.6) is 0 Å². The molecule has 5 nitrogen and oxygen atoms in total. The molecule has 1 aliphatic heterocycles. The second-order valence-corrected chi connectivity index (χ2v) is 7.91. The summed E-state index contributed by atoms with van der Waals surface area (Å²) in [7, 11) is 0. The van der Waals surface area contributed by atoms with Gasteiger partial charge in [-0.3, -0.25) is 9.69 Å². The van der Waals surface area contributed by atoms with Crippen molar-refractivity contribution in [3.05, 3.63) is 52.4 Å². The van der Waals surface area contributed by atoms with Crippen molar-refractivity contribution in [2.24, 2.45) is 5.92 Å². The Kier molecular flexibility index (Phi) is 6.32. The van der Waals surface area contributed by atoms with Crippen molar-refractivity contribution >= 4 is 5.91 Å². The average molecular weight is 370 g/mol. The van der Waals surface area contributed by atoms with Crippen molar-refractivity contribution in [2.45, 2.75) is 59.5 Å². The zero-order valence-corrected chi connectivity index (χ0v) is 16.9. The average Bonchev–Trinajstić information content (AvgIpc) is 2.97. The molecule has 1 aromatic heterocycles. The van der Waals surface area contributed by atoms with E-state index in [9.17, 15) is 4.79 Å². The molecule has 2 aromatic rings. The Hall–Kier alpha value is -2.14. The van der Waals surface area contributed by atoms with Gasteiger partial charge in [0.05, 0.1) is 5.69 Å². The molecule has 27 heavy (non-hydrogen) atoms. The lowest BCUT2D eigenvalue weighted by Gasteiger charge is -2.38. The van der Waals surface area contributed by atoms with Gasteiger partial charge >= 0.3 is 0 Å². The van der Waals surface area contributed by atoms with Gasteiger partial charge in [0.15, 0.2) is 0 Å². The van der Waals surface area contributed by atoms with Crippen LogP contribution < -0.4 is 5.32 Å². The van der Waals surface area contributed by atoms with Gasteiger partial charge in [0.2, 0.25) is 5.91 Å². The number of carbonyl (C=O) groups excluding carboxylic acids is 1. The van der Waals surface area contributed by atoms with E-state index >= 15 is 0 Å². The number of aromatic nitrogens is 1. The summed E-state index contributed by atoms with van der Waals surface area (Å²) in [6.07, 6.45) is 2.23. The van der Waals surface area contributed by atoms with E-state index in [0.29, 0.717) is 31.3 Å². The number of fused-ring (bicyclic) bond motifs is 1. The van der Waals surface area contributed by atoms with Gasteiger partial charge in [0.1, 0.15) is 5.76 Å². The fourth-order valence-corrected chi connectivity index (χ4v) is 3.99. The summed E-state index contributed by atoms with van der Waals surface area (Å²) < 4.78 is 5.18. The molecule has 3 rings (SSSR count). The van der Waals surface area contributed by atoms with E-state index in [2.05, 4.69) is 53.5 Å². The van der Waals surface area contributed by atoms with Crippen molar-refractivity contribution in [2.75, 3.05) is 13.1 Å². The third-order valence-electron chi connectivity index (χ3n) is 5.69. The van der Waals surface area contributed by atoms with Crippen LogP contribution in [0.25, 0.3) is 0 Å².